The standard InChI is InChI=1S/C13H24N2O3.ClH/c1-17-8-9-18-7-5-13(16)15-11-2-3-12(15)10-14-6-4-11;/h11-12,14H,2-10H2,1H3;1H. The molecule has 2 saturated heterocycles. The molecule has 5 nitrogen and oxygen atoms in total. The van der Waals surface area contributed by atoms with Gasteiger partial charge in [-0.1, -0.05) is 0 Å². The summed E-state index contributed by atoms with van der Waals surface area (Å²) in [7, 11) is 1.65. The smallest absolute Gasteiger partial charge is 0.225 e. The highest BCUT2D eigenvalue weighted by Gasteiger charge is 2.37. The highest BCUT2D eigenvalue weighted by atomic mass is 35.5. The highest BCUT2D eigenvalue weighted by molar-refractivity contribution is 5.85. The molecule has 0 spiro atoms. The number of hydrogen-bond donors (Lipinski definition) is 1. The number of nitrogens with zero attached hydrogens (tertiary/aromatic N) is 1. The van der Waals surface area contributed by atoms with Crippen LogP contribution in [0.3, 0.4) is 0 Å². The maximum Gasteiger partial charge on any atom is 0.225 e. The molecule has 2 heterocycles. The predicted molar refractivity (Wildman–Crippen MR) is 75.7 cm³/mol. The normalized spacial score (nSPS) is 25.8. The Hall–Kier alpha value is -0.360. The lowest BCUT2D eigenvalue weighted by molar-refractivity contribution is -0.135. The van der Waals surface area contributed by atoms with E-state index in [1.54, 1.807) is 7.11 Å². The second-order valence-electron chi connectivity index (χ2n) is 5.03. The van der Waals surface area contributed by atoms with E-state index in [2.05, 4.69) is 10.2 Å². The summed E-state index contributed by atoms with van der Waals surface area (Å²) < 4.78 is 10.3. The largest absolute Gasteiger partial charge is 0.382 e. The maximum absolute atomic E-state index is 12.2. The molecule has 0 radical (unpaired) electrons. The number of methoxy groups -OCH3 is 1. The van der Waals surface area contributed by atoms with Gasteiger partial charge in [0.2, 0.25) is 5.91 Å². The SMILES string of the molecule is COCCOCCC(=O)N1C2CCNCC1CC2.Cl. The van der Waals surface area contributed by atoms with Crippen molar-refractivity contribution in [2.24, 2.45) is 0 Å². The van der Waals surface area contributed by atoms with Gasteiger partial charge in [0.05, 0.1) is 26.2 Å². The zero-order valence-corrected chi connectivity index (χ0v) is 12.4. The molecular weight excluding hydrogens is 268 g/mol. The van der Waals surface area contributed by atoms with Gasteiger partial charge in [0.1, 0.15) is 0 Å². The number of rotatable bonds is 6. The van der Waals surface area contributed by atoms with Crippen molar-refractivity contribution in [3.63, 3.8) is 0 Å². The van der Waals surface area contributed by atoms with Crippen molar-refractivity contribution in [2.45, 2.75) is 37.8 Å². The van der Waals surface area contributed by atoms with Crippen molar-refractivity contribution in [3.8, 4) is 0 Å². The van der Waals surface area contributed by atoms with Crippen LogP contribution in [0.25, 0.3) is 0 Å². The fraction of sp³-hybridized carbons (Fsp3) is 0.923. The minimum absolute atomic E-state index is 0. The Bertz CT molecular complexity index is 265. The lowest BCUT2D eigenvalue weighted by Crippen LogP contribution is -2.42. The maximum atomic E-state index is 12.2. The first-order chi connectivity index (χ1) is 8.83. The molecule has 2 aliphatic heterocycles. The van der Waals surface area contributed by atoms with Gasteiger partial charge in [-0.3, -0.25) is 4.79 Å². The van der Waals surface area contributed by atoms with E-state index in [1.165, 1.54) is 6.42 Å². The molecule has 1 N–H and O–H groups in total. The van der Waals surface area contributed by atoms with E-state index in [0.29, 0.717) is 38.3 Å². The number of fused-ring (bicyclic) bond motifs is 2. The fourth-order valence-electron chi connectivity index (χ4n) is 2.92. The van der Waals surface area contributed by atoms with Gasteiger partial charge < -0.3 is 19.7 Å². The molecule has 1 amide bonds. The van der Waals surface area contributed by atoms with Crippen molar-refractivity contribution in [1.29, 1.82) is 0 Å². The molecule has 2 fully saturated rings. The van der Waals surface area contributed by atoms with Crippen molar-refractivity contribution < 1.29 is 14.3 Å². The van der Waals surface area contributed by atoms with E-state index in [0.717, 1.165) is 25.9 Å². The molecule has 19 heavy (non-hydrogen) atoms. The average Bonchev–Trinajstić information content (AvgIpc) is 2.62. The molecule has 0 aromatic rings. The minimum atomic E-state index is 0. The van der Waals surface area contributed by atoms with Gasteiger partial charge in [0.25, 0.3) is 0 Å². The third kappa shape index (κ3) is 4.60. The quantitative estimate of drug-likeness (QED) is 0.736. The Kier molecular flexibility index (Phi) is 7.68. The Morgan fingerprint density at radius 3 is 2.79 bits per heavy atom. The Labute approximate surface area is 121 Å². The molecule has 0 aliphatic carbocycles. The van der Waals surface area contributed by atoms with Crippen LogP contribution in [0, 0.1) is 0 Å². The first kappa shape index (κ1) is 16.7. The summed E-state index contributed by atoms with van der Waals surface area (Å²) >= 11 is 0. The number of amides is 1. The minimum Gasteiger partial charge on any atom is -0.382 e. The van der Waals surface area contributed by atoms with Crippen molar-refractivity contribution in [2.75, 3.05) is 40.0 Å². The highest BCUT2D eigenvalue weighted by Crippen LogP contribution is 2.28. The summed E-state index contributed by atoms with van der Waals surface area (Å²) in [4.78, 5) is 14.3. The first-order valence-electron chi connectivity index (χ1n) is 6.91. The molecule has 2 unspecified atom stereocenters. The monoisotopic (exact) mass is 292 g/mol. The van der Waals surface area contributed by atoms with E-state index in [-0.39, 0.29) is 18.3 Å². The van der Waals surface area contributed by atoms with Gasteiger partial charge in [-0.25, -0.2) is 0 Å². The van der Waals surface area contributed by atoms with Crippen LogP contribution in [0.2, 0.25) is 0 Å². The third-order valence-corrected chi connectivity index (χ3v) is 3.83. The van der Waals surface area contributed by atoms with Crippen LogP contribution in [0.15, 0.2) is 0 Å². The number of ether oxygens (including phenoxy) is 2. The number of halogens is 1. The van der Waals surface area contributed by atoms with Gasteiger partial charge in [0.15, 0.2) is 0 Å². The van der Waals surface area contributed by atoms with Gasteiger partial charge >= 0.3 is 0 Å². The fourth-order valence-corrected chi connectivity index (χ4v) is 2.92. The van der Waals surface area contributed by atoms with E-state index in [9.17, 15) is 4.79 Å². The molecule has 112 valence electrons. The average molecular weight is 293 g/mol. The summed E-state index contributed by atoms with van der Waals surface area (Å²) in [6.45, 7) is 3.65. The van der Waals surface area contributed by atoms with Crippen LogP contribution >= 0.6 is 12.4 Å². The molecule has 2 aliphatic rings. The van der Waals surface area contributed by atoms with Crippen LogP contribution in [0.5, 0.6) is 0 Å². The molecule has 2 atom stereocenters. The van der Waals surface area contributed by atoms with Crippen LogP contribution in [0.1, 0.15) is 25.7 Å². The lowest BCUT2D eigenvalue weighted by atomic mass is 10.1. The van der Waals surface area contributed by atoms with Crippen molar-refractivity contribution in [3.05, 3.63) is 0 Å². The van der Waals surface area contributed by atoms with E-state index < -0.39 is 0 Å². The molecule has 6 heteroatoms. The summed E-state index contributed by atoms with van der Waals surface area (Å²) in [6, 6.07) is 0.862. The van der Waals surface area contributed by atoms with Crippen LogP contribution in [0.4, 0.5) is 0 Å². The summed E-state index contributed by atoms with van der Waals surface area (Å²) in [5.41, 5.74) is 0. The Balaban J connectivity index is 0.00000180. The number of carbonyl (C=O) groups excluding carboxylic acids is 1. The summed E-state index contributed by atoms with van der Waals surface area (Å²) in [5.74, 6) is 0.253. The lowest BCUT2D eigenvalue weighted by Gasteiger charge is -2.27. The van der Waals surface area contributed by atoms with E-state index in [4.69, 9.17) is 9.47 Å². The Morgan fingerprint density at radius 1 is 1.21 bits per heavy atom. The predicted octanol–water partition coefficient (Wildman–Crippen LogP) is 0.814. The molecule has 2 rings (SSSR count). The number of nitrogens with one attached hydrogen (secondary N) is 1. The van der Waals surface area contributed by atoms with Crippen molar-refractivity contribution in [1.82, 2.24) is 10.2 Å². The van der Waals surface area contributed by atoms with Gasteiger partial charge in [-0.2, -0.15) is 0 Å². The van der Waals surface area contributed by atoms with Crippen LogP contribution in [-0.4, -0.2) is 62.9 Å². The second kappa shape index (κ2) is 8.74. The van der Waals surface area contributed by atoms with Crippen LogP contribution in [-0.2, 0) is 14.3 Å². The second-order valence-corrected chi connectivity index (χ2v) is 5.03. The third-order valence-electron chi connectivity index (χ3n) is 3.83. The topological polar surface area (TPSA) is 50.8 Å². The summed E-state index contributed by atoms with van der Waals surface area (Å²) in [6.07, 6.45) is 3.90. The number of hydrogen-bond acceptors (Lipinski definition) is 4. The Morgan fingerprint density at radius 2 is 2.00 bits per heavy atom. The molecule has 0 aromatic carbocycles. The summed E-state index contributed by atoms with van der Waals surface area (Å²) in [5, 5.41) is 3.41. The van der Waals surface area contributed by atoms with Gasteiger partial charge in [-0.15, -0.1) is 12.4 Å². The zero-order chi connectivity index (χ0) is 12.8. The van der Waals surface area contributed by atoms with E-state index in [1.807, 2.05) is 0 Å². The van der Waals surface area contributed by atoms with Gasteiger partial charge in [-0.05, 0) is 25.8 Å². The van der Waals surface area contributed by atoms with E-state index >= 15 is 0 Å². The molecule has 0 saturated carbocycles. The molecule has 0 aromatic heterocycles. The van der Waals surface area contributed by atoms with Crippen LogP contribution < -0.4 is 5.32 Å². The van der Waals surface area contributed by atoms with Gasteiger partial charge in [0, 0.05) is 25.7 Å². The number of carbonyl (C=O) groups is 1. The van der Waals surface area contributed by atoms with Crippen molar-refractivity contribution >= 4 is 18.3 Å². The first-order valence-corrected chi connectivity index (χ1v) is 6.91. The molecular formula is C13H25ClN2O3. The zero-order valence-electron chi connectivity index (χ0n) is 11.6. The molecule has 2 bridgehead atoms.